The van der Waals surface area contributed by atoms with E-state index in [1.807, 2.05) is 19.0 Å². The number of likely N-dealkylation sites (tertiary alicyclic amines) is 1. The van der Waals surface area contributed by atoms with Crippen molar-refractivity contribution in [1.82, 2.24) is 4.31 Å². The van der Waals surface area contributed by atoms with Crippen molar-refractivity contribution < 1.29 is 18.1 Å². The van der Waals surface area contributed by atoms with E-state index in [9.17, 15) is 13.2 Å². The Kier molecular flexibility index (Phi) is 6.65. The van der Waals surface area contributed by atoms with E-state index in [-0.39, 0.29) is 10.8 Å². The first kappa shape index (κ1) is 20.7. The first-order valence-electron chi connectivity index (χ1n) is 9.01. The Morgan fingerprint density at radius 2 is 1.92 bits per heavy atom. The molecule has 2 atom stereocenters. The summed E-state index contributed by atoms with van der Waals surface area (Å²) in [6.07, 6.45) is 3.51. The molecule has 1 aromatic rings. The van der Waals surface area contributed by atoms with Gasteiger partial charge in [0, 0.05) is 28.2 Å². The molecule has 1 fully saturated rings. The molecule has 8 heteroatoms. The third-order valence-electron chi connectivity index (χ3n) is 4.97. The molecule has 1 amide bonds. The monoisotopic (exact) mass is 383 g/mol. The highest BCUT2D eigenvalue weighted by atomic mass is 32.2. The molecular weight excluding hydrogens is 352 g/mol. The zero-order chi connectivity index (χ0) is 19.5. The summed E-state index contributed by atoms with van der Waals surface area (Å²) >= 11 is 0. The number of carbonyl (C=O) groups is 1. The third-order valence-corrected chi connectivity index (χ3v) is 6.78. The van der Waals surface area contributed by atoms with Crippen LogP contribution < -0.4 is 15.1 Å². The van der Waals surface area contributed by atoms with Crippen LogP contribution in [-0.2, 0) is 14.8 Å². The molecule has 0 saturated carbocycles. The molecule has 1 unspecified atom stereocenters. The largest absolute Gasteiger partial charge is 0.376 e. The van der Waals surface area contributed by atoms with E-state index in [1.54, 1.807) is 12.1 Å². The van der Waals surface area contributed by atoms with Crippen molar-refractivity contribution in [2.24, 2.45) is 0 Å². The summed E-state index contributed by atoms with van der Waals surface area (Å²) < 4.78 is 26.0. The number of benzene rings is 1. The van der Waals surface area contributed by atoms with Gasteiger partial charge in [-0.2, -0.15) is 0 Å². The number of hydrogen-bond acceptors (Lipinski definition) is 4. The van der Waals surface area contributed by atoms with E-state index >= 15 is 0 Å². The lowest BCUT2D eigenvalue weighted by atomic mass is 10.0. The summed E-state index contributed by atoms with van der Waals surface area (Å²) in [4.78, 5) is 15.9. The summed E-state index contributed by atoms with van der Waals surface area (Å²) in [6, 6.07) is 5.31. The maximum absolute atomic E-state index is 12.6. The summed E-state index contributed by atoms with van der Waals surface area (Å²) in [5, 5.41) is 2.93. The van der Waals surface area contributed by atoms with Gasteiger partial charge in [0.25, 0.3) is 5.91 Å². The number of nitrogens with zero attached hydrogens (tertiary/aromatic N) is 2. The second kappa shape index (κ2) is 8.37. The Bertz CT molecular complexity index is 747. The minimum Gasteiger partial charge on any atom is -0.376 e. The van der Waals surface area contributed by atoms with Crippen LogP contribution in [-0.4, -0.2) is 66.0 Å². The second-order valence-corrected chi connectivity index (χ2v) is 9.54. The minimum absolute atomic E-state index is 0.0868. The molecule has 7 nitrogen and oxygen atoms in total. The lowest BCUT2D eigenvalue weighted by Gasteiger charge is -2.29. The fourth-order valence-electron chi connectivity index (χ4n) is 3.29. The van der Waals surface area contributed by atoms with E-state index < -0.39 is 10.0 Å². The molecule has 26 heavy (non-hydrogen) atoms. The number of rotatable bonds is 6. The number of carbonyl (C=O) groups excluding carboxylic acids is 1. The Balaban J connectivity index is 2.24. The first-order chi connectivity index (χ1) is 12.1. The number of anilines is 2. The zero-order valence-electron chi connectivity index (χ0n) is 16.4. The number of nitrogens with one attached hydrogen (secondary N) is 2. The lowest BCUT2D eigenvalue weighted by Crippen LogP contribution is -3.17. The summed E-state index contributed by atoms with van der Waals surface area (Å²) in [5.74, 6) is -0.0868. The van der Waals surface area contributed by atoms with Crippen LogP contribution in [0, 0.1) is 0 Å². The molecule has 146 valence electrons. The molecule has 1 aliphatic heterocycles. The van der Waals surface area contributed by atoms with Crippen LogP contribution in [0.3, 0.4) is 0 Å². The molecular formula is C18H31N4O3S+. The third kappa shape index (κ3) is 4.75. The maximum atomic E-state index is 12.6. The Hall–Kier alpha value is -1.64. The highest BCUT2D eigenvalue weighted by Gasteiger charge is 2.25. The van der Waals surface area contributed by atoms with Crippen molar-refractivity contribution in [2.45, 2.75) is 37.1 Å². The Labute approximate surface area is 157 Å². The fourth-order valence-corrected chi connectivity index (χ4v) is 4.22. The van der Waals surface area contributed by atoms with Crippen molar-refractivity contribution in [3.05, 3.63) is 18.2 Å². The summed E-state index contributed by atoms with van der Waals surface area (Å²) in [7, 11) is 3.16. The van der Waals surface area contributed by atoms with E-state index in [0.29, 0.717) is 18.3 Å². The van der Waals surface area contributed by atoms with Gasteiger partial charge in [0.15, 0.2) is 6.54 Å². The first-order valence-corrected chi connectivity index (χ1v) is 10.4. The van der Waals surface area contributed by atoms with Crippen molar-refractivity contribution >= 4 is 27.3 Å². The molecule has 1 saturated heterocycles. The average molecular weight is 384 g/mol. The van der Waals surface area contributed by atoms with Crippen LogP contribution in [0.1, 0.15) is 26.2 Å². The van der Waals surface area contributed by atoms with Crippen LogP contribution in [0.2, 0.25) is 0 Å². The topological polar surface area (TPSA) is 74.2 Å². The van der Waals surface area contributed by atoms with Gasteiger partial charge in [0.1, 0.15) is 0 Å². The molecule has 0 aromatic heterocycles. The van der Waals surface area contributed by atoms with E-state index in [2.05, 4.69) is 12.2 Å². The van der Waals surface area contributed by atoms with Gasteiger partial charge < -0.3 is 15.1 Å². The van der Waals surface area contributed by atoms with Gasteiger partial charge in [-0.05, 0) is 44.4 Å². The van der Waals surface area contributed by atoms with Gasteiger partial charge in [-0.1, -0.05) is 0 Å². The number of amides is 1. The van der Waals surface area contributed by atoms with Gasteiger partial charge >= 0.3 is 0 Å². The second-order valence-electron chi connectivity index (χ2n) is 7.39. The number of quaternary nitrogens is 1. The van der Waals surface area contributed by atoms with Crippen LogP contribution in [0.4, 0.5) is 11.4 Å². The number of piperidine rings is 1. The summed E-state index contributed by atoms with van der Waals surface area (Å²) in [5.41, 5.74) is 1.30. The Morgan fingerprint density at radius 1 is 1.23 bits per heavy atom. The molecule has 2 N–H and O–H groups in total. The van der Waals surface area contributed by atoms with Gasteiger partial charge in [-0.25, -0.2) is 12.7 Å². The van der Waals surface area contributed by atoms with E-state index in [1.165, 1.54) is 35.8 Å². The maximum Gasteiger partial charge on any atom is 0.279 e. The number of sulfonamides is 1. The summed E-state index contributed by atoms with van der Waals surface area (Å²) in [6.45, 7) is 3.58. The van der Waals surface area contributed by atoms with Gasteiger partial charge in [-0.15, -0.1) is 0 Å². The standard InChI is InChI=1S/C18H30N4O3S/c1-14-8-6-7-11-22(14)13-18(23)19-16-12-15(26(24,25)21(4)5)9-10-17(16)20(2)3/h9-10,12,14H,6-8,11,13H2,1-5H3,(H,19,23)/p+1/t14-/m1/s1. The van der Waals surface area contributed by atoms with Crippen molar-refractivity contribution in [1.29, 1.82) is 0 Å². The molecule has 0 bridgehead atoms. The van der Waals surface area contributed by atoms with Gasteiger partial charge in [0.05, 0.1) is 28.9 Å². The smallest absolute Gasteiger partial charge is 0.279 e. The van der Waals surface area contributed by atoms with Crippen LogP contribution in [0.25, 0.3) is 0 Å². The quantitative estimate of drug-likeness (QED) is 0.746. The fraction of sp³-hybridized carbons (Fsp3) is 0.611. The molecule has 1 aromatic carbocycles. The molecule has 1 aliphatic rings. The van der Waals surface area contributed by atoms with E-state index in [4.69, 9.17) is 0 Å². The molecule has 0 spiro atoms. The van der Waals surface area contributed by atoms with Crippen molar-refractivity contribution in [2.75, 3.05) is 51.5 Å². The van der Waals surface area contributed by atoms with E-state index in [0.717, 1.165) is 25.1 Å². The molecule has 0 aliphatic carbocycles. The minimum atomic E-state index is -3.56. The van der Waals surface area contributed by atoms with Crippen LogP contribution in [0.5, 0.6) is 0 Å². The lowest BCUT2D eigenvalue weighted by molar-refractivity contribution is -0.920. The van der Waals surface area contributed by atoms with Gasteiger partial charge in [0.2, 0.25) is 10.0 Å². The highest BCUT2D eigenvalue weighted by Crippen LogP contribution is 2.28. The normalized spacial score (nSPS) is 20.8. The Morgan fingerprint density at radius 3 is 2.50 bits per heavy atom. The molecule has 2 rings (SSSR count). The zero-order valence-corrected chi connectivity index (χ0v) is 17.2. The van der Waals surface area contributed by atoms with Gasteiger partial charge in [-0.3, -0.25) is 4.79 Å². The van der Waals surface area contributed by atoms with Crippen LogP contribution >= 0.6 is 0 Å². The van der Waals surface area contributed by atoms with Crippen LogP contribution in [0.15, 0.2) is 23.1 Å². The number of hydrogen-bond donors (Lipinski definition) is 2. The molecule has 0 radical (unpaired) electrons. The van der Waals surface area contributed by atoms with Crippen molar-refractivity contribution in [3.63, 3.8) is 0 Å². The highest BCUT2D eigenvalue weighted by molar-refractivity contribution is 7.89. The van der Waals surface area contributed by atoms with Crippen molar-refractivity contribution in [3.8, 4) is 0 Å². The average Bonchev–Trinajstić information content (AvgIpc) is 2.56. The predicted molar refractivity (Wildman–Crippen MR) is 104 cm³/mol. The predicted octanol–water partition coefficient (Wildman–Crippen LogP) is 0.399. The molecule has 1 heterocycles. The SMILES string of the molecule is C[C@@H]1CCCC[NH+]1CC(=O)Nc1cc(S(=O)(=O)N(C)C)ccc1N(C)C.